The Balaban J connectivity index is 1.20. The van der Waals surface area contributed by atoms with Gasteiger partial charge >= 0.3 is 11.9 Å². The maximum atomic E-state index is 13.3. The van der Waals surface area contributed by atoms with Crippen molar-refractivity contribution in [2.45, 2.75) is 57.2 Å². The first-order chi connectivity index (χ1) is 19.0. The number of hydrogen-bond acceptors (Lipinski definition) is 6. The molecule has 1 N–H and O–H groups in total. The SMILES string of the molecule is COc1ccc(C(=O)Oc2ccc(C(=O)OCc3ccccc3)cc2CO)cc1C12CC3CC(CC(C3)C1)C2. The highest BCUT2D eigenvalue weighted by Crippen LogP contribution is 2.62. The van der Waals surface area contributed by atoms with Crippen molar-refractivity contribution in [2.75, 3.05) is 7.11 Å². The molecule has 0 heterocycles. The normalized spacial score (nSPS) is 24.8. The third-order valence-corrected chi connectivity index (χ3v) is 8.93. The van der Waals surface area contributed by atoms with E-state index in [1.165, 1.54) is 31.4 Å². The topological polar surface area (TPSA) is 82.1 Å². The maximum Gasteiger partial charge on any atom is 0.343 e. The second-order valence-corrected chi connectivity index (χ2v) is 11.5. The van der Waals surface area contributed by atoms with E-state index in [-0.39, 0.29) is 29.9 Å². The molecule has 39 heavy (non-hydrogen) atoms. The summed E-state index contributed by atoms with van der Waals surface area (Å²) < 4.78 is 16.9. The molecule has 6 nitrogen and oxygen atoms in total. The number of carbonyl (C=O) groups is 2. The van der Waals surface area contributed by atoms with Crippen LogP contribution in [0.3, 0.4) is 0 Å². The molecule has 202 valence electrons. The number of carbonyl (C=O) groups excluding carboxylic acids is 2. The largest absolute Gasteiger partial charge is 0.496 e. The second kappa shape index (κ2) is 10.5. The number of ether oxygens (including phenoxy) is 3. The molecule has 0 atom stereocenters. The summed E-state index contributed by atoms with van der Waals surface area (Å²) in [5, 5.41) is 9.96. The zero-order chi connectivity index (χ0) is 27.0. The van der Waals surface area contributed by atoms with Gasteiger partial charge in [0.25, 0.3) is 0 Å². The van der Waals surface area contributed by atoms with Crippen LogP contribution in [0.2, 0.25) is 0 Å². The first-order valence-electron chi connectivity index (χ1n) is 13.8. The minimum absolute atomic E-state index is 0.0639. The summed E-state index contributed by atoms with van der Waals surface area (Å²) in [7, 11) is 1.69. The number of aliphatic hydroxyl groups is 1. The highest BCUT2D eigenvalue weighted by Gasteiger charge is 2.52. The molecule has 4 saturated carbocycles. The van der Waals surface area contributed by atoms with Gasteiger partial charge in [-0.25, -0.2) is 9.59 Å². The summed E-state index contributed by atoms with van der Waals surface area (Å²) in [6.45, 7) is -0.238. The highest BCUT2D eigenvalue weighted by molar-refractivity contribution is 5.93. The molecule has 4 fully saturated rings. The summed E-state index contributed by atoms with van der Waals surface area (Å²) in [4.78, 5) is 25.9. The van der Waals surface area contributed by atoms with Gasteiger partial charge in [-0.1, -0.05) is 30.3 Å². The van der Waals surface area contributed by atoms with Crippen LogP contribution in [-0.4, -0.2) is 24.2 Å². The zero-order valence-corrected chi connectivity index (χ0v) is 22.2. The first-order valence-corrected chi connectivity index (χ1v) is 13.8. The molecule has 3 aromatic rings. The fourth-order valence-corrected chi connectivity index (χ4v) is 7.58. The van der Waals surface area contributed by atoms with Crippen LogP contribution in [0.25, 0.3) is 0 Å². The average Bonchev–Trinajstić information content (AvgIpc) is 2.95. The van der Waals surface area contributed by atoms with Crippen LogP contribution < -0.4 is 9.47 Å². The molecule has 0 radical (unpaired) electrons. The van der Waals surface area contributed by atoms with E-state index in [4.69, 9.17) is 14.2 Å². The molecule has 0 aliphatic heterocycles. The number of esters is 2. The number of hydrogen-bond donors (Lipinski definition) is 1. The fraction of sp³-hybridized carbons (Fsp3) is 0.394. The Morgan fingerprint density at radius 1 is 0.821 bits per heavy atom. The van der Waals surface area contributed by atoms with E-state index in [1.807, 2.05) is 42.5 Å². The standard InChI is InChI=1S/C33H34O6/c1-37-30-10-8-26(15-28(30)33-16-22-11-23(17-33)13-24(12-22)18-33)32(36)39-29-9-7-25(14-27(29)19-34)31(35)38-20-21-5-3-2-4-6-21/h2-10,14-15,22-24,34H,11-13,16-20H2,1H3. The minimum atomic E-state index is -0.512. The van der Waals surface area contributed by atoms with Gasteiger partial charge in [-0.15, -0.1) is 0 Å². The third kappa shape index (κ3) is 5.06. The summed E-state index contributed by atoms with van der Waals surface area (Å²) >= 11 is 0. The number of rotatable bonds is 8. The molecule has 0 amide bonds. The molecule has 3 aromatic carbocycles. The summed E-state index contributed by atoms with van der Waals surface area (Å²) in [6, 6.07) is 19.6. The lowest BCUT2D eigenvalue weighted by molar-refractivity contribution is -0.00618. The van der Waals surface area contributed by atoms with Crippen LogP contribution in [0.15, 0.2) is 66.7 Å². The Morgan fingerprint density at radius 2 is 1.44 bits per heavy atom. The summed E-state index contributed by atoms with van der Waals surface area (Å²) in [5.41, 5.74) is 3.14. The van der Waals surface area contributed by atoms with Crippen molar-refractivity contribution in [2.24, 2.45) is 17.8 Å². The molecule has 4 bridgehead atoms. The molecule has 6 heteroatoms. The predicted octanol–water partition coefficient (Wildman–Crippen LogP) is 6.23. The molecular formula is C33H34O6. The van der Waals surface area contributed by atoms with Crippen LogP contribution >= 0.6 is 0 Å². The van der Waals surface area contributed by atoms with Gasteiger partial charge < -0.3 is 19.3 Å². The molecular weight excluding hydrogens is 492 g/mol. The summed E-state index contributed by atoms with van der Waals surface area (Å²) in [6.07, 6.45) is 7.48. The number of aliphatic hydroxyl groups excluding tert-OH is 1. The van der Waals surface area contributed by atoms with Gasteiger partial charge in [-0.2, -0.15) is 0 Å². The molecule has 0 saturated heterocycles. The highest BCUT2D eigenvalue weighted by atomic mass is 16.5. The predicted molar refractivity (Wildman–Crippen MR) is 146 cm³/mol. The Morgan fingerprint density at radius 3 is 2.05 bits per heavy atom. The lowest BCUT2D eigenvalue weighted by Crippen LogP contribution is -2.48. The van der Waals surface area contributed by atoms with Crippen molar-refractivity contribution in [1.82, 2.24) is 0 Å². The van der Waals surface area contributed by atoms with Crippen molar-refractivity contribution in [3.05, 3.63) is 94.5 Å². The Labute approximate surface area is 228 Å². The number of benzene rings is 3. The van der Waals surface area contributed by atoms with E-state index in [9.17, 15) is 14.7 Å². The van der Waals surface area contributed by atoms with Gasteiger partial charge in [0.2, 0.25) is 0 Å². The van der Waals surface area contributed by atoms with E-state index in [0.717, 1.165) is 53.9 Å². The first kappa shape index (κ1) is 25.6. The van der Waals surface area contributed by atoms with E-state index in [0.29, 0.717) is 11.1 Å². The van der Waals surface area contributed by atoms with Crippen molar-refractivity contribution in [3.63, 3.8) is 0 Å². The second-order valence-electron chi connectivity index (χ2n) is 11.5. The van der Waals surface area contributed by atoms with Gasteiger partial charge in [0.15, 0.2) is 0 Å². The molecule has 4 aliphatic rings. The zero-order valence-electron chi connectivity index (χ0n) is 22.2. The van der Waals surface area contributed by atoms with Crippen LogP contribution in [-0.2, 0) is 23.4 Å². The van der Waals surface area contributed by atoms with Crippen molar-refractivity contribution >= 4 is 11.9 Å². The lowest BCUT2D eigenvalue weighted by atomic mass is 9.48. The minimum Gasteiger partial charge on any atom is -0.496 e. The van der Waals surface area contributed by atoms with Gasteiger partial charge in [0.1, 0.15) is 18.1 Å². The smallest absolute Gasteiger partial charge is 0.343 e. The van der Waals surface area contributed by atoms with Crippen molar-refractivity contribution in [3.8, 4) is 11.5 Å². The molecule has 0 unspecified atom stereocenters. The van der Waals surface area contributed by atoms with Crippen LogP contribution in [0.1, 0.15) is 75.9 Å². The Hall–Kier alpha value is -3.64. The maximum absolute atomic E-state index is 13.3. The molecule has 0 spiro atoms. The fourth-order valence-electron chi connectivity index (χ4n) is 7.58. The molecule has 7 rings (SSSR count). The van der Waals surface area contributed by atoms with Crippen molar-refractivity contribution < 1.29 is 28.9 Å². The van der Waals surface area contributed by atoms with E-state index >= 15 is 0 Å². The van der Waals surface area contributed by atoms with E-state index < -0.39 is 11.9 Å². The van der Waals surface area contributed by atoms with E-state index in [1.54, 1.807) is 19.2 Å². The van der Waals surface area contributed by atoms with Crippen LogP contribution in [0, 0.1) is 17.8 Å². The third-order valence-electron chi connectivity index (χ3n) is 8.93. The van der Waals surface area contributed by atoms with Gasteiger partial charge in [-0.3, -0.25) is 0 Å². The Bertz CT molecular complexity index is 1340. The van der Waals surface area contributed by atoms with Gasteiger partial charge in [0, 0.05) is 11.1 Å². The number of methoxy groups -OCH3 is 1. The lowest BCUT2D eigenvalue weighted by Gasteiger charge is -2.57. The molecule has 0 aromatic heterocycles. The van der Waals surface area contributed by atoms with Crippen LogP contribution in [0.5, 0.6) is 11.5 Å². The van der Waals surface area contributed by atoms with Gasteiger partial charge in [0.05, 0.1) is 24.8 Å². The van der Waals surface area contributed by atoms with Crippen molar-refractivity contribution in [1.29, 1.82) is 0 Å². The van der Waals surface area contributed by atoms with Gasteiger partial charge in [-0.05, 0) is 104 Å². The quantitative estimate of drug-likeness (QED) is 0.277. The van der Waals surface area contributed by atoms with Crippen LogP contribution in [0.4, 0.5) is 0 Å². The molecule has 4 aliphatic carbocycles. The Kier molecular flexibility index (Phi) is 6.90. The monoisotopic (exact) mass is 526 g/mol. The summed E-state index contributed by atoms with van der Waals surface area (Å²) in [5.74, 6) is 2.33. The average molecular weight is 527 g/mol. The van der Waals surface area contributed by atoms with E-state index in [2.05, 4.69) is 0 Å².